The Kier molecular flexibility index (Phi) is 4.83. The van der Waals surface area contributed by atoms with Crippen molar-refractivity contribution < 1.29 is 4.79 Å². The molecule has 0 saturated heterocycles. The number of likely N-dealkylation sites (N-methyl/N-ethyl adjacent to an activating group) is 1. The summed E-state index contributed by atoms with van der Waals surface area (Å²) in [5.41, 5.74) is 1.06. The van der Waals surface area contributed by atoms with Crippen LogP contribution >= 0.6 is 11.6 Å². The maximum Gasteiger partial charge on any atom is 0.223 e. The Morgan fingerprint density at radius 1 is 1.42 bits per heavy atom. The lowest BCUT2D eigenvalue weighted by atomic mass is 9.85. The number of nitrogens with one attached hydrogen (secondary N) is 1. The van der Waals surface area contributed by atoms with Crippen LogP contribution in [0.15, 0.2) is 24.3 Å². The molecule has 3 nitrogen and oxygen atoms in total. The van der Waals surface area contributed by atoms with Crippen molar-refractivity contribution in [3.8, 4) is 0 Å². The van der Waals surface area contributed by atoms with Crippen molar-refractivity contribution in [3.05, 3.63) is 34.9 Å². The Balaban J connectivity index is 2.00. The van der Waals surface area contributed by atoms with E-state index in [4.69, 9.17) is 11.6 Å². The molecule has 1 saturated carbocycles. The summed E-state index contributed by atoms with van der Waals surface area (Å²) in [4.78, 5) is 14.0. The number of amides is 1. The zero-order valence-electron chi connectivity index (χ0n) is 11.5. The van der Waals surface area contributed by atoms with Crippen molar-refractivity contribution in [2.45, 2.75) is 25.3 Å². The molecule has 0 bridgehead atoms. The Labute approximate surface area is 119 Å². The minimum atomic E-state index is 0.109. The third-order valence-electron chi connectivity index (χ3n) is 3.83. The molecule has 0 aliphatic heterocycles. The number of benzene rings is 1. The predicted molar refractivity (Wildman–Crippen MR) is 78.2 cm³/mol. The van der Waals surface area contributed by atoms with Gasteiger partial charge in [0.05, 0.1) is 6.04 Å². The van der Waals surface area contributed by atoms with Crippen molar-refractivity contribution >= 4 is 17.5 Å². The Morgan fingerprint density at radius 2 is 2.11 bits per heavy atom. The van der Waals surface area contributed by atoms with Crippen LogP contribution in [-0.2, 0) is 4.79 Å². The van der Waals surface area contributed by atoms with Gasteiger partial charge in [-0.3, -0.25) is 4.79 Å². The summed E-state index contributed by atoms with van der Waals surface area (Å²) >= 11 is 6.24. The van der Waals surface area contributed by atoms with Gasteiger partial charge in [-0.1, -0.05) is 36.2 Å². The molecular formula is C15H21ClN2O. The summed E-state index contributed by atoms with van der Waals surface area (Å²) in [6.07, 6.45) is 3.24. The lowest BCUT2D eigenvalue weighted by Gasteiger charge is -2.29. The average Bonchev–Trinajstić information content (AvgIpc) is 2.29. The van der Waals surface area contributed by atoms with Crippen LogP contribution in [-0.4, -0.2) is 31.4 Å². The minimum Gasteiger partial charge on any atom is -0.354 e. The summed E-state index contributed by atoms with van der Waals surface area (Å²) in [5, 5.41) is 3.80. The van der Waals surface area contributed by atoms with Gasteiger partial charge in [-0.2, -0.15) is 0 Å². The highest BCUT2D eigenvalue weighted by Gasteiger charge is 2.26. The summed E-state index contributed by atoms with van der Waals surface area (Å²) in [5.74, 6) is 0.416. The van der Waals surface area contributed by atoms with Gasteiger partial charge in [0, 0.05) is 17.5 Å². The van der Waals surface area contributed by atoms with Crippen LogP contribution in [0.3, 0.4) is 0 Å². The smallest absolute Gasteiger partial charge is 0.223 e. The third kappa shape index (κ3) is 3.48. The Morgan fingerprint density at radius 3 is 2.63 bits per heavy atom. The fourth-order valence-electron chi connectivity index (χ4n) is 2.33. The monoisotopic (exact) mass is 280 g/mol. The van der Waals surface area contributed by atoms with E-state index in [2.05, 4.69) is 10.2 Å². The fourth-order valence-corrected chi connectivity index (χ4v) is 2.59. The largest absolute Gasteiger partial charge is 0.354 e. The van der Waals surface area contributed by atoms with Gasteiger partial charge in [0.25, 0.3) is 0 Å². The summed E-state index contributed by atoms with van der Waals surface area (Å²) < 4.78 is 0. The van der Waals surface area contributed by atoms with Crippen LogP contribution in [0.25, 0.3) is 0 Å². The number of hydrogen-bond acceptors (Lipinski definition) is 2. The molecule has 1 aromatic carbocycles. The SMILES string of the molecule is CN(C)C(CNC(=O)C1CCC1)c1ccccc1Cl. The maximum atomic E-state index is 11.9. The number of halogens is 1. The van der Waals surface area contributed by atoms with E-state index in [0.29, 0.717) is 6.54 Å². The molecule has 1 unspecified atom stereocenters. The molecule has 1 atom stereocenters. The number of carbonyl (C=O) groups is 1. The first-order valence-corrected chi connectivity index (χ1v) is 7.16. The van der Waals surface area contributed by atoms with E-state index in [1.54, 1.807) is 0 Å². The van der Waals surface area contributed by atoms with Crippen molar-refractivity contribution in [1.82, 2.24) is 10.2 Å². The standard InChI is InChI=1S/C15H21ClN2O/c1-18(2)14(12-8-3-4-9-13(12)16)10-17-15(19)11-6-5-7-11/h3-4,8-9,11,14H,5-7,10H2,1-2H3,(H,17,19). The highest BCUT2D eigenvalue weighted by atomic mass is 35.5. The molecule has 1 aliphatic carbocycles. The first-order chi connectivity index (χ1) is 9.09. The zero-order valence-corrected chi connectivity index (χ0v) is 12.3. The van der Waals surface area contributed by atoms with Gasteiger partial charge in [0.15, 0.2) is 0 Å². The third-order valence-corrected chi connectivity index (χ3v) is 4.18. The number of rotatable bonds is 5. The lowest BCUT2D eigenvalue weighted by molar-refractivity contribution is -0.127. The second-order valence-corrected chi connectivity index (χ2v) is 5.78. The highest BCUT2D eigenvalue weighted by molar-refractivity contribution is 6.31. The maximum absolute atomic E-state index is 11.9. The second kappa shape index (κ2) is 6.40. The number of nitrogens with zero attached hydrogens (tertiary/aromatic N) is 1. The Bertz CT molecular complexity index is 444. The molecule has 1 amide bonds. The molecule has 1 N–H and O–H groups in total. The van der Waals surface area contributed by atoms with Gasteiger partial charge in [0.2, 0.25) is 5.91 Å². The van der Waals surface area contributed by atoms with E-state index in [9.17, 15) is 4.79 Å². The van der Waals surface area contributed by atoms with Gasteiger partial charge >= 0.3 is 0 Å². The van der Waals surface area contributed by atoms with Crippen LogP contribution in [0.5, 0.6) is 0 Å². The highest BCUT2D eigenvalue weighted by Crippen LogP contribution is 2.28. The van der Waals surface area contributed by atoms with Crippen LogP contribution in [0.2, 0.25) is 5.02 Å². The summed E-state index contributed by atoms with van der Waals surface area (Å²) in [7, 11) is 4.01. The molecule has 1 fully saturated rings. The molecule has 19 heavy (non-hydrogen) atoms. The van der Waals surface area contributed by atoms with Crippen LogP contribution < -0.4 is 5.32 Å². The molecule has 4 heteroatoms. The topological polar surface area (TPSA) is 32.3 Å². The van der Waals surface area contributed by atoms with E-state index < -0.39 is 0 Å². The molecule has 0 heterocycles. The van der Waals surface area contributed by atoms with Gasteiger partial charge in [-0.25, -0.2) is 0 Å². The molecule has 104 valence electrons. The average molecular weight is 281 g/mol. The lowest BCUT2D eigenvalue weighted by Crippen LogP contribution is -2.39. The number of carbonyl (C=O) groups excluding carboxylic acids is 1. The number of hydrogen-bond donors (Lipinski definition) is 1. The molecule has 1 aromatic rings. The van der Waals surface area contributed by atoms with E-state index in [1.807, 2.05) is 38.4 Å². The normalized spacial score (nSPS) is 17.1. The molecule has 1 aliphatic rings. The van der Waals surface area contributed by atoms with Crippen molar-refractivity contribution in [2.24, 2.45) is 5.92 Å². The molecular weight excluding hydrogens is 260 g/mol. The first-order valence-electron chi connectivity index (χ1n) is 6.78. The van der Waals surface area contributed by atoms with Gasteiger partial charge in [-0.15, -0.1) is 0 Å². The van der Waals surface area contributed by atoms with Gasteiger partial charge < -0.3 is 10.2 Å². The molecule has 0 radical (unpaired) electrons. The van der Waals surface area contributed by atoms with Crippen LogP contribution in [0.4, 0.5) is 0 Å². The fraction of sp³-hybridized carbons (Fsp3) is 0.533. The summed E-state index contributed by atoms with van der Waals surface area (Å²) in [6, 6.07) is 7.92. The van der Waals surface area contributed by atoms with Gasteiger partial charge in [0.1, 0.15) is 0 Å². The van der Waals surface area contributed by atoms with Crippen molar-refractivity contribution in [2.75, 3.05) is 20.6 Å². The van der Waals surface area contributed by atoms with Crippen molar-refractivity contribution in [3.63, 3.8) is 0 Å². The molecule has 0 spiro atoms. The molecule has 0 aromatic heterocycles. The first kappa shape index (κ1) is 14.4. The summed E-state index contributed by atoms with van der Waals surface area (Å²) in [6.45, 7) is 0.603. The van der Waals surface area contributed by atoms with Crippen LogP contribution in [0.1, 0.15) is 30.9 Å². The Hall–Kier alpha value is -1.06. The zero-order chi connectivity index (χ0) is 13.8. The van der Waals surface area contributed by atoms with Crippen molar-refractivity contribution in [1.29, 1.82) is 0 Å². The van der Waals surface area contributed by atoms with E-state index in [0.717, 1.165) is 23.4 Å². The quantitative estimate of drug-likeness (QED) is 0.899. The molecule has 2 rings (SSSR count). The van der Waals surface area contributed by atoms with E-state index in [-0.39, 0.29) is 17.9 Å². The van der Waals surface area contributed by atoms with Gasteiger partial charge in [-0.05, 0) is 38.6 Å². The van der Waals surface area contributed by atoms with Crippen LogP contribution in [0, 0.1) is 5.92 Å². The second-order valence-electron chi connectivity index (χ2n) is 5.37. The van der Waals surface area contributed by atoms with E-state index in [1.165, 1.54) is 6.42 Å². The minimum absolute atomic E-state index is 0.109. The van der Waals surface area contributed by atoms with E-state index >= 15 is 0 Å². The predicted octanol–water partition coefficient (Wildman–Crippen LogP) is 2.86.